The molecule has 1 aromatic heterocycles. The van der Waals surface area contributed by atoms with Gasteiger partial charge in [-0.3, -0.25) is 5.10 Å². The van der Waals surface area contributed by atoms with Crippen LogP contribution in [0.1, 0.15) is 11.3 Å². The number of benzene rings is 1. The molecule has 0 saturated heterocycles. The van der Waals surface area contributed by atoms with Crippen molar-refractivity contribution in [1.82, 2.24) is 10.2 Å². The zero-order valence-corrected chi connectivity index (χ0v) is 10.3. The summed E-state index contributed by atoms with van der Waals surface area (Å²) in [4.78, 5) is 0. The minimum Gasteiger partial charge on any atom is -0.406 e. The van der Waals surface area contributed by atoms with Gasteiger partial charge >= 0.3 is 6.36 Å². The molecule has 0 bridgehead atoms. The number of halogens is 3. The fraction of sp³-hybridized carbons (Fsp3) is 0.308. The lowest BCUT2D eigenvalue weighted by Gasteiger charge is -2.13. The summed E-state index contributed by atoms with van der Waals surface area (Å²) in [6.45, 7) is 1.03. The van der Waals surface area contributed by atoms with Gasteiger partial charge in [0, 0.05) is 23.2 Å². The van der Waals surface area contributed by atoms with Crippen LogP contribution >= 0.6 is 0 Å². The lowest BCUT2D eigenvalue weighted by atomic mass is 10.0. The average Bonchev–Trinajstić information content (AvgIpc) is 2.81. The molecule has 3 rings (SSSR count). The number of hydrogen-bond acceptors (Lipinski definition) is 3. The number of fused-ring (bicyclic) bond motifs is 1. The van der Waals surface area contributed by atoms with Gasteiger partial charge < -0.3 is 9.47 Å². The van der Waals surface area contributed by atoms with E-state index >= 15 is 0 Å². The first-order chi connectivity index (χ1) is 9.53. The predicted molar refractivity (Wildman–Crippen MR) is 64.1 cm³/mol. The third-order valence-corrected chi connectivity index (χ3v) is 3.04. The lowest BCUT2D eigenvalue weighted by molar-refractivity contribution is -0.274. The van der Waals surface area contributed by atoms with Gasteiger partial charge in [-0.25, -0.2) is 0 Å². The molecule has 1 aliphatic heterocycles. The Morgan fingerprint density at radius 1 is 1.30 bits per heavy atom. The maximum Gasteiger partial charge on any atom is 0.573 e. The van der Waals surface area contributed by atoms with Gasteiger partial charge in [0.1, 0.15) is 5.75 Å². The molecule has 2 heterocycles. The third-order valence-electron chi connectivity index (χ3n) is 3.04. The largest absolute Gasteiger partial charge is 0.573 e. The Bertz CT molecular complexity index is 622. The van der Waals surface area contributed by atoms with Crippen LogP contribution in [0.25, 0.3) is 11.3 Å². The van der Waals surface area contributed by atoms with Crippen molar-refractivity contribution >= 4 is 0 Å². The van der Waals surface area contributed by atoms with Crippen LogP contribution in [0.3, 0.4) is 0 Å². The van der Waals surface area contributed by atoms with Crippen molar-refractivity contribution in [1.29, 1.82) is 0 Å². The lowest BCUT2D eigenvalue weighted by Crippen LogP contribution is -2.17. The monoisotopic (exact) mass is 284 g/mol. The second-order valence-corrected chi connectivity index (χ2v) is 4.41. The predicted octanol–water partition coefficient (Wildman–Crippen LogP) is 3.05. The molecule has 7 heteroatoms. The van der Waals surface area contributed by atoms with Gasteiger partial charge in [-0.15, -0.1) is 13.2 Å². The molecular weight excluding hydrogens is 273 g/mol. The van der Waals surface area contributed by atoms with Crippen molar-refractivity contribution < 1.29 is 22.6 Å². The van der Waals surface area contributed by atoms with Crippen LogP contribution in [-0.4, -0.2) is 23.2 Å². The second kappa shape index (κ2) is 4.82. The van der Waals surface area contributed by atoms with Crippen molar-refractivity contribution in [2.45, 2.75) is 19.4 Å². The molecule has 4 nitrogen and oxygen atoms in total. The Hall–Kier alpha value is -2.02. The van der Waals surface area contributed by atoms with Gasteiger partial charge in [0.05, 0.1) is 18.9 Å². The normalized spacial score (nSPS) is 14.9. The Morgan fingerprint density at radius 2 is 2.15 bits per heavy atom. The Kier molecular flexibility index (Phi) is 3.13. The van der Waals surface area contributed by atoms with E-state index in [0.29, 0.717) is 24.5 Å². The molecule has 0 aliphatic carbocycles. The summed E-state index contributed by atoms with van der Waals surface area (Å²) >= 11 is 0. The Labute approximate surface area is 112 Å². The highest BCUT2D eigenvalue weighted by Crippen LogP contribution is 2.31. The molecule has 0 amide bonds. The van der Waals surface area contributed by atoms with Crippen molar-refractivity contribution in [3.8, 4) is 17.0 Å². The highest BCUT2D eigenvalue weighted by molar-refractivity contribution is 5.65. The van der Waals surface area contributed by atoms with Gasteiger partial charge in [-0.2, -0.15) is 5.10 Å². The van der Waals surface area contributed by atoms with Crippen LogP contribution in [0.5, 0.6) is 5.75 Å². The molecule has 1 N–H and O–H groups in total. The van der Waals surface area contributed by atoms with Crippen LogP contribution in [0.15, 0.2) is 24.3 Å². The Morgan fingerprint density at radius 3 is 2.95 bits per heavy atom. The van der Waals surface area contributed by atoms with Crippen LogP contribution in [-0.2, 0) is 17.8 Å². The van der Waals surface area contributed by atoms with Crippen molar-refractivity contribution in [2.75, 3.05) is 6.61 Å². The van der Waals surface area contributed by atoms with Crippen molar-refractivity contribution in [3.63, 3.8) is 0 Å². The summed E-state index contributed by atoms with van der Waals surface area (Å²) in [5, 5.41) is 7.06. The van der Waals surface area contributed by atoms with E-state index in [-0.39, 0.29) is 5.75 Å². The number of H-pyrrole nitrogens is 1. The SMILES string of the molecule is FC(F)(F)Oc1cccc(-c2n[nH]c3c2COCC3)c1. The van der Waals surface area contributed by atoms with Gasteiger partial charge in [0.15, 0.2) is 0 Å². The van der Waals surface area contributed by atoms with E-state index in [1.807, 2.05) is 0 Å². The number of nitrogens with one attached hydrogen (secondary N) is 1. The third kappa shape index (κ3) is 2.62. The fourth-order valence-electron chi connectivity index (χ4n) is 2.19. The van der Waals surface area contributed by atoms with Gasteiger partial charge in [0.2, 0.25) is 0 Å². The molecule has 0 fully saturated rings. The number of ether oxygens (including phenoxy) is 2. The fourth-order valence-corrected chi connectivity index (χ4v) is 2.19. The number of rotatable bonds is 2. The number of hydrogen-bond donors (Lipinski definition) is 1. The smallest absolute Gasteiger partial charge is 0.406 e. The van der Waals surface area contributed by atoms with E-state index in [9.17, 15) is 13.2 Å². The summed E-state index contributed by atoms with van der Waals surface area (Å²) in [6.07, 6.45) is -3.98. The number of nitrogens with zero attached hydrogens (tertiary/aromatic N) is 1. The van der Waals surface area contributed by atoms with Crippen molar-refractivity contribution in [3.05, 3.63) is 35.5 Å². The van der Waals surface area contributed by atoms with E-state index < -0.39 is 6.36 Å². The number of alkyl halides is 3. The van der Waals surface area contributed by atoms with Gasteiger partial charge in [-0.1, -0.05) is 12.1 Å². The van der Waals surface area contributed by atoms with E-state index in [0.717, 1.165) is 17.7 Å². The van der Waals surface area contributed by atoms with Crippen LogP contribution in [0.4, 0.5) is 13.2 Å². The second-order valence-electron chi connectivity index (χ2n) is 4.41. The molecular formula is C13H11F3N2O2. The molecule has 20 heavy (non-hydrogen) atoms. The molecule has 1 aliphatic rings. The topological polar surface area (TPSA) is 47.1 Å². The first-order valence-corrected chi connectivity index (χ1v) is 6.03. The molecule has 1 aromatic carbocycles. The summed E-state index contributed by atoms with van der Waals surface area (Å²) in [5.74, 6) is -0.261. The highest BCUT2D eigenvalue weighted by atomic mass is 19.4. The van der Waals surface area contributed by atoms with Gasteiger partial charge in [-0.05, 0) is 12.1 Å². The molecule has 0 spiro atoms. The zero-order valence-electron chi connectivity index (χ0n) is 10.3. The maximum atomic E-state index is 12.2. The van der Waals surface area contributed by atoms with Crippen LogP contribution in [0, 0.1) is 0 Å². The maximum absolute atomic E-state index is 12.2. The summed E-state index contributed by atoms with van der Waals surface area (Å²) < 4.78 is 45.9. The molecule has 0 atom stereocenters. The summed E-state index contributed by atoms with van der Waals surface area (Å²) in [5.41, 5.74) is 3.02. The molecule has 0 radical (unpaired) electrons. The average molecular weight is 284 g/mol. The Balaban J connectivity index is 1.94. The summed E-state index contributed by atoms with van der Waals surface area (Å²) in [7, 11) is 0. The molecule has 2 aromatic rings. The number of aromatic amines is 1. The molecule has 106 valence electrons. The van der Waals surface area contributed by atoms with Gasteiger partial charge in [0.25, 0.3) is 0 Å². The minimum absolute atomic E-state index is 0.261. The van der Waals surface area contributed by atoms with Crippen LogP contribution in [0.2, 0.25) is 0 Å². The molecule has 0 saturated carbocycles. The van der Waals surface area contributed by atoms with Crippen LogP contribution < -0.4 is 4.74 Å². The number of aromatic nitrogens is 2. The van der Waals surface area contributed by atoms with E-state index in [1.54, 1.807) is 6.07 Å². The molecule has 0 unspecified atom stereocenters. The van der Waals surface area contributed by atoms with E-state index in [1.165, 1.54) is 18.2 Å². The highest BCUT2D eigenvalue weighted by Gasteiger charge is 2.31. The quantitative estimate of drug-likeness (QED) is 0.922. The first kappa shape index (κ1) is 13.0. The van der Waals surface area contributed by atoms with E-state index in [2.05, 4.69) is 14.9 Å². The van der Waals surface area contributed by atoms with Crippen molar-refractivity contribution in [2.24, 2.45) is 0 Å². The minimum atomic E-state index is -4.70. The van der Waals surface area contributed by atoms with E-state index in [4.69, 9.17) is 4.74 Å². The zero-order chi connectivity index (χ0) is 14.2. The first-order valence-electron chi connectivity index (χ1n) is 6.03. The standard InChI is InChI=1S/C13H11F3N2O2/c14-13(15,16)20-9-3-1-2-8(6-9)12-10-7-19-5-4-11(10)17-18-12/h1-3,6H,4-5,7H2,(H,17,18). The summed E-state index contributed by atoms with van der Waals surface area (Å²) in [6, 6.07) is 5.76.